The van der Waals surface area contributed by atoms with Crippen molar-refractivity contribution in [1.82, 2.24) is 9.78 Å². The van der Waals surface area contributed by atoms with Gasteiger partial charge in [0, 0.05) is 18.0 Å². The Morgan fingerprint density at radius 3 is 2.50 bits per heavy atom. The van der Waals surface area contributed by atoms with Crippen molar-refractivity contribution in [2.45, 2.75) is 0 Å². The highest BCUT2D eigenvalue weighted by molar-refractivity contribution is 6.67. The molecule has 3 nitrogen and oxygen atoms in total. The number of rotatable bonds is 2. The second kappa shape index (κ2) is 3.64. The summed E-state index contributed by atoms with van der Waals surface area (Å²) in [6.07, 6.45) is 3.53. The van der Waals surface area contributed by atoms with Gasteiger partial charge in [0.25, 0.3) is 5.24 Å². The molecule has 0 saturated heterocycles. The van der Waals surface area contributed by atoms with Crippen LogP contribution in [0, 0.1) is 0 Å². The first-order valence-electron chi connectivity index (χ1n) is 4.07. The van der Waals surface area contributed by atoms with Crippen molar-refractivity contribution in [1.29, 1.82) is 0 Å². The second-order valence-corrected chi connectivity index (χ2v) is 3.11. The number of carbonyl (C=O) groups excluding carboxylic acids is 1. The number of nitrogens with zero attached hydrogens (tertiary/aromatic N) is 2. The minimum absolute atomic E-state index is 0.447. The Bertz CT molecular complexity index is 434. The van der Waals surface area contributed by atoms with E-state index in [9.17, 15) is 4.79 Å². The van der Waals surface area contributed by atoms with Crippen LogP contribution >= 0.6 is 11.6 Å². The van der Waals surface area contributed by atoms with Crippen LogP contribution in [0.4, 0.5) is 0 Å². The molecule has 2 aromatic rings. The quantitative estimate of drug-likeness (QED) is 0.707. The van der Waals surface area contributed by atoms with E-state index in [1.165, 1.54) is 0 Å². The zero-order chi connectivity index (χ0) is 9.97. The molecule has 0 N–H and O–H groups in total. The number of benzene rings is 1. The lowest BCUT2D eigenvalue weighted by Crippen LogP contribution is -1.95. The van der Waals surface area contributed by atoms with Gasteiger partial charge in [-0.2, -0.15) is 5.10 Å². The van der Waals surface area contributed by atoms with Crippen LogP contribution < -0.4 is 0 Å². The van der Waals surface area contributed by atoms with Crippen LogP contribution in [0.2, 0.25) is 0 Å². The first-order chi connectivity index (χ1) is 6.77. The van der Waals surface area contributed by atoms with E-state index in [4.69, 9.17) is 11.6 Å². The SMILES string of the molecule is O=C(Cl)c1ccc(-n2cccn2)cc1. The monoisotopic (exact) mass is 206 g/mol. The molecule has 0 spiro atoms. The lowest BCUT2D eigenvalue weighted by atomic mass is 10.2. The van der Waals surface area contributed by atoms with Gasteiger partial charge in [0.15, 0.2) is 0 Å². The summed E-state index contributed by atoms with van der Waals surface area (Å²) < 4.78 is 1.71. The lowest BCUT2D eigenvalue weighted by molar-refractivity contribution is 0.108. The van der Waals surface area contributed by atoms with Crippen LogP contribution in [0.15, 0.2) is 42.7 Å². The van der Waals surface area contributed by atoms with Gasteiger partial charge in [-0.05, 0) is 41.9 Å². The fourth-order valence-corrected chi connectivity index (χ4v) is 1.29. The molecular formula is C10H7ClN2O. The average molecular weight is 207 g/mol. The lowest BCUT2D eigenvalue weighted by Gasteiger charge is -2.00. The highest BCUT2D eigenvalue weighted by atomic mass is 35.5. The fourth-order valence-electron chi connectivity index (χ4n) is 1.17. The van der Waals surface area contributed by atoms with Crippen LogP contribution in [-0.2, 0) is 0 Å². The van der Waals surface area contributed by atoms with Crippen molar-refractivity contribution in [2.75, 3.05) is 0 Å². The molecule has 0 atom stereocenters. The molecular weight excluding hydrogens is 200 g/mol. The van der Waals surface area contributed by atoms with E-state index in [-0.39, 0.29) is 0 Å². The van der Waals surface area contributed by atoms with Crippen LogP contribution in [0.1, 0.15) is 10.4 Å². The topological polar surface area (TPSA) is 34.9 Å². The third-order valence-corrected chi connectivity index (χ3v) is 2.08. The fraction of sp³-hybridized carbons (Fsp3) is 0. The van der Waals surface area contributed by atoms with Crippen molar-refractivity contribution >= 4 is 16.8 Å². The Morgan fingerprint density at radius 2 is 2.00 bits per heavy atom. The third-order valence-electron chi connectivity index (χ3n) is 1.86. The van der Waals surface area contributed by atoms with Gasteiger partial charge >= 0.3 is 0 Å². The molecule has 0 aliphatic carbocycles. The summed E-state index contributed by atoms with van der Waals surface area (Å²) in [5.74, 6) is 0. The van der Waals surface area contributed by atoms with Crippen molar-refractivity contribution in [3.05, 3.63) is 48.3 Å². The first-order valence-corrected chi connectivity index (χ1v) is 4.45. The second-order valence-electron chi connectivity index (χ2n) is 2.77. The Kier molecular flexibility index (Phi) is 2.33. The molecule has 2 rings (SSSR count). The number of hydrogen-bond donors (Lipinski definition) is 0. The predicted molar refractivity (Wildman–Crippen MR) is 53.7 cm³/mol. The van der Waals surface area contributed by atoms with Crippen LogP contribution in [0.5, 0.6) is 0 Å². The molecule has 0 amide bonds. The third kappa shape index (κ3) is 1.67. The Labute approximate surface area is 85.9 Å². The molecule has 0 bridgehead atoms. The summed E-state index contributed by atoms with van der Waals surface area (Å²) in [5.41, 5.74) is 1.39. The molecule has 0 fully saturated rings. The first kappa shape index (κ1) is 8.97. The average Bonchev–Trinajstić information content (AvgIpc) is 2.71. The van der Waals surface area contributed by atoms with Crippen molar-refractivity contribution < 1.29 is 4.79 Å². The number of halogens is 1. The van der Waals surface area contributed by atoms with E-state index in [1.54, 1.807) is 35.1 Å². The standard InChI is InChI=1S/C10H7ClN2O/c11-10(14)8-2-4-9(5-3-8)13-7-1-6-12-13/h1-7H. The highest BCUT2D eigenvalue weighted by Gasteiger charge is 2.01. The largest absolute Gasteiger partial charge is 0.276 e. The zero-order valence-corrected chi connectivity index (χ0v) is 7.98. The normalized spacial score (nSPS) is 10.1. The maximum absolute atomic E-state index is 10.8. The van der Waals surface area contributed by atoms with E-state index >= 15 is 0 Å². The van der Waals surface area contributed by atoms with Crippen molar-refractivity contribution in [3.63, 3.8) is 0 Å². The van der Waals surface area contributed by atoms with E-state index in [2.05, 4.69) is 5.10 Å². The highest BCUT2D eigenvalue weighted by Crippen LogP contribution is 2.10. The summed E-state index contributed by atoms with van der Waals surface area (Å²) >= 11 is 5.32. The molecule has 1 heterocycles. The van der Waals surface area contributed by atoms with Gasteiger partial charge < -0.3 is 0 Å². The molecule has 0 radical (unpaired) electrons. The van der Waals surface area contributed by atoms with Crippen molar-refractivity contribution in [3.8, 4) is 5.69 Å². The molecule has 14 heavy (non-hydrogen) atoms. The van der Waals surface area contributed by atoms with Gasteiger partial charge in [-0.1, -0.05) is 0 Å². The smallest absolute Gasteiger partial charge is 0.252 e. The molecule has 1 aromatic carbocycles. The number of carbonyl (C=O) groups is 1. The summed E-state index contributed by atoms with van der Waals surface area (Å²) in [6, 6.07) is 8.77. The molecule has 70 valence electrons. The maximum atomic E-state index is 10.8. The van der Waals surface area contributed by atoms with E-state index in [1.807, 2.05) is 12.3 Å². The zero-order valence-electron chi connectivity index (χ0n) is 7.22. The van der Waals surface area contributed by atoms with Crippen LogP contribution in [-0.4, -0.2) is 15.0 Å². The van der Waals surface area contributed by atoms with Gasteiger partial charge in [0.05, 0.1) is 5.69 Å². The molecule has 0 saturated carbocycles. The Hall–Kier alpha value is -1.61. The minimum Gasteiger partial charge on any atom is -0.276 e. The Balaban J connectivity index is 2.36. The van der Waals surface area contributed by atoms with Gasteiger partial charge in [-0.25, -0.2) is 4.68 Å². The molecule has 0 aliphatic rings. The summed E-state index contributed by atoms with van der Waals surface area (Å²) in [5, 5.41) is 3.61. The minimum atomic E-state index is -0.447. The number of aromatic nitrogens is 2. The van der Waals surface area contributed by atoms with E-state index < -0.39 is 5.24 Å². The summed E-state index contributed by atoms with van der Waals surface area (Å²) in [6.45, 7) is 0. The predicted octanol–water partition coefficient (Wildman–Crippen LogP) is 2.25. The van der Waals surface area contributed by atoms with Crippen molar-refractivity contribution in [2.24, 2.45) is 0 Å². The van der Waals surface area contributed by atoms with Gasteiger partial charge in [-0.3, -0.25) is 4.79 Å². The van der Waals surface area contributed by atoms with Gasteiger partial charge in [-0.15, -0.1) is 0 Å². The molecule has 1 aromatic heterocycles. The number of hydrogen-bond acceptors (Lipinski definition) is 2. The summed E-state index contributed by atoms with van der Waals surface area (Å²) in [4.78, 5) is 10.8. The van der Waals surface area contributed by atoms with E-state index in [0.29, 0.717) is 5.56 Å². The van der Waals surface area contributed by atoms with Crippen LogP contribution in [0.25, 0.3) is 5.69 Å². The maximum Gasteiger partial charge on any atom is 0.252 e. The van der Waals surface area contributed by atoms with E-state index in [0.717, 1.165) is 5.69 Å². The molecule has 0 aliphatic heterocycles. The Morgan fingerprint density at radius 1 is 1.29 bits per heavy atom. The van der Waals surface area contributed by atoms with Gasteiger partial charge in [0.2, 0.25) is 0 Å². The summed E-state index contributed by atoms with van der Waals surface area (Å²) in [7, 11) is 0. The van der Waals surface area contributed by atoms with Crippen LogP contribution in [0.3, 0.4) is 0 Å². The molecule has 4 heteroatoms. The molecule has 0 unspecified atom stereocenters. The van der Waals surface area contributed by atoms with Gasteiger partial charge in [0.1, 0.15) is 0 Å².